The SMILES string of the molecule is N#CC(F)=CCC[C@H]1CC[C@H](OCc2ccc(C(F)(F)F)cc2)CC1. The van der Waals surface area contributed by atoms with Gasteiger partial charge in [-0.05, 0) is 68.2 Å². The highest BCUT2D eigenvalue weighted by atomic mass is 19.4. The van der Waals surface area contributed by atoms with E-state index in [1.54, 1.807) is 0 Å². The smallest absolute Gasteiger partial charge is 0.374 e. The third-order valence-corrected chi connectivity index (χ3v) is 4.57. The third-order valence-electron chi connectivity index (χ3n) is 4.57. The zero-order valence-electron chi connectivity index (χ0n) is 13.9. The summed E-state index contributed by atoms with van der Waals surface area (Å²) in [5.74, 6) is -0.220. The maximum absolute atomic E-state index is 12.7. The number of ether oxygens (including phenoxy) is 1. The number of alkyl halides is 3. The van der Waals surface area contributed by atoms with Gasteiger partial charge < -0.3 is 4.74 Å². The van der Waals surface area contributed by atoms with Gasteiger partial charge >= 0.3 is 6.18 Å². The summed E-state index contributed by atoms with van der Waals surface area (Å²) in [6.07, 6.45) is 2.33. The molecule has 1 aliphatic carbocycles. The second-order valence-electron chi connectivity index (χ2n) is 6.39. The first-order valence-corrected chi connectivity index (χ1v) is 8.42. The van der Waals surface area contributed by atoms with Crippen LogP contribution < -0.4 is 0 Å². The quantitative estimate of drug-likeness (QED) is 0.467. The first-order chi connectivity index (χ1) is 11.9. The fraction of sp³-hybridized carbons (Fsp3) is 0.526. The molecule has 0 bridgehead atoms. The van der Waals surface area contributed by atoms with Crippen LogP contribution in [0, 0.1) is 17.2 Å². The highest BCUT2D eigenvalue weighted by Crippen LogP contribution is 2.31. The summed E-state index contributed by atoms with van der Waals surface area (Å²) < 4.78 is 56.1. The molecule has 0 N–H and O–H groups in total. The van der Waals surface area contributed by atoms with Crippen LogP contribution in [0.1, 0.15) is 49.7 Å². The van der Waals surface area contributed by atoms with E-state index in [1.165, 1.54) is 24.3 Å². The number of nitrogens with zero attached hydrogens (tertiary/aromatic N) is 1. The lowest BCUT2D eigenvalue weighted by atomic mass is 9.84. The number of benzene rings is 1. The van der Waals surface area contributed by atoms with Gasteiger partial charge in [-0.25, -0.2) is 0 Å². The molecule has 0 amide bonds. The van der Waals surface area contributed by atoms with Gasteiger partial charge in [-0.1, -0.05) is 12.1 Å². The Morgan fingerprint density at radius 2 is 1.80 bits per heavy atom. The molecular formula is C19H21F4NO. The van der Waals surface area contributed by atoms with Crippen molar-refractivity contribution in [3.05, 3.63) is 47.3 Å². The third kappa shape index (κ3) is 6.50. The minimum atomic E-state index is -4.32. The second kappa shape index (κ2) is 9.00. The van der Waals surface area contributed by atoms with Crippen LogP contribution in [-0.4, -0.2) is 6.10 Å². The Morgan fingerprint density at radius 3 is 2.36 bits per heavy atom. The van der Waals surface area contributed by atoms with Crippen LogP contribution in [-0.2, 0) is 17.5 Å². The Labute approximate surface area is 145 Å². The lowest BCUT2D eigenvalue weighted by Crippen LogP contribution is -2.21. The van der Waals surface area contributed by atoms with Crippen molar-refractivity contribution in [3.8, 4) is 6.07 Å². The van der Waals surface area contributed by atoms with Gasteiger partial charge in [0.05, 0.1) is 18.3 Å². The molecule has 0 spiro atoms. The molecule has 1 fully saturated rings. The zero-order chi connectivity index (χ0) is 18.3. The molecule has 2 nitrogen and oxygen atoms in total. The highest BCUT2D eigenvalue weighted by Gasteiger charge is 2.30. The van der Waals surface area contributed by atoms with Gasteiger partial charge in [0, 0.05) is 0 Å². The monoisotopic (exact) mass is 355 g/mol. The molecule has 0 aromatic heterocycles. The van der Waals surface area contributed by atoms with E-state index in [0.29, 0.717) is 18.9 Å². The predicted octanol–water partition coefficient (Wildman–Crippen LogP) is 5.94. The molecule has 0 aliphatic heterocycles. The van der Waals surface area contributed by atoms with E-state index in [2.05, 4.69) is 0 Å². The molecule has 0 heterocycles. The number of halogens is 4. The molecular weight excluding hydrogens is 334 g/mol. The first-order valence-electron chi connectivity index (χ1n) is 8.42. The Balaban J connectivity index is 1.69. The van der Waals surface area contributed by atoms with E-state index in [4.69, 9.17) is 10.00 Å². The largest absolute Gasteiger partial charge is 0.416 e. The summed E-state index contributed by atoms with van der Waals surface area (Å²) in [6, 6.07) is 6.51. The van der Waals surface area contributed by atoms with E-state index in [0.717, 1.165) is 49.8 Å². The normalized spacial score (nSPS) is 21.8. The molecule has 1 aromatic carbocycles. The summed E-state index contributed by atoms with van der Waals surface area (Å²) >= 11 is 0. The maximum Gasteiger partial charge on any atom is 0.416 e. The Bertz CT molecular complexity index is 608. The Kier molecular flexibility index (Phi) is 7.01. The van der Waals surface area contributed by atoms with Crippen molar-refractivity contribution in [2.75, 3.05) is 0 Å². The first kappa shape index (κ1) is 19.5. The standard InChI is InChI=1S/C19H21F4NO/c20-17(12-24)3-1-2-14-6-10-18(11-7-14)25-13-15-4-8-16(9-5-15)19(21,22)23/h3-5,8-9,14,18H,1-2,6-7,10-11,13H2/t14-,18-. The number of hydrogen-bond acceptors (Lipinski definition) is 2. The van der Waals surface area contributed by atoms with Gasteiger partial charge in [-0.3, -0.25) is 0 Å². The summed E-state index contributed by atoms with van der Waals surface area (Å²) in [7, 11) is 0. The van der Waals surface area contributed by atoms with Crippen LogP contribution in [0.2, 0.25) is 0 Å². The van der Waals surface area contributed by atoms with Gasteiger partial charge in [-0.15, -0.1) is 0 Å². The molecule has 0 saturated heterocycles. The summed E-state index contributed by atoms with van der Waals surface area (Å²) in [5, 5.41) is 8.35. The minimum Gasteiger partial charge on any atom is -0.374 e. The minimum absolute atomic E-state index is 0.116. The molecule has 2 rings (SSSR count). The van der Waals surface area contributed by atoms with Crippen molar-refractivity contribution in [2.45, 2.75) is 57.4 Å². The topological polar surface area (TPSA) is 33.0 Å². The van der Waals surface area contributed by atoms with Crippen molar-refractivity contribution in [2.24, 2.45) is 5.92 Å². The van der Waals surface area contributed by atoms with Gasteiger partial charge in [0.2, 0.25) is 0 Å². The fourth-order valence-corrected chi connectivity index (χ4v) is 3.08. The maximum atomic E-state index is 12.7. The van der Waals surface area contributed by atoms with E-state index >= 15 is 0 Å². The number of rotatable bonds is 6. The lowest BCUT2D eigenvalue weighted by Gasteiger charge is -2.28. The zero-order valence-corrected chi connectivity index (χ0v) is 13.9. The molecule has 1 aromatic rings. The van der Waals surface area contributed by atoms with Crippen molar-refractivity contribution in [3.63, 3.8) is 0 Å². The van der Waals surface area contributed by atoms with Crippen LogP contribution in [0.5, 0.6) is 0 Å². The number of allylic oxidation sites excluding steroid dienone is 2. The number of nitriles is 1. The van der Waals surface area contributed by atoms with Crippen molar-refractivity contribution >= 4 is 0 Å². The Hall–Kier alpha value is -1.87. The van der Waals surface area contributed by atoms with Gasteiger partial charge in [0.25, 0.3) is 0 Å². The fourth-order valence-electron chi connectivity index (χ4n) is 3.08. The summed E-state index contributed by atoms with van der Waals surface area (Å²) in [5.41, 5.74) is 0.0749. The lowest BCUT2D eigenvalue weighted by molar-refractivity contribution is -0.137. The molecule has 0 atom stereocenters. The Morgan fingerprint density at radius 1 is 1.16 bits per heavy atom. The molecule has 6 heteroatoms. The molecule has 0 unspecified atom stereocenters. The van der Waals surface area contributed by atoms with E-state index < -0.39 is 17.6 Å². The van der Waals surface area contributed by atoms with Crippen LogP contribution >= 0.6 is 0 Å². The van der Waals surface area contributed by atoms with Crippen molar-refractivity contribution < 1.29 is 22.3 Å². The molecule has 1 aliphatic rings. The number of hydrogen-bond donors (Lipinski definition) is 0. The van der Waals surface area contributed by atoms with Gasteiger partial charge in [-0.2, -0.15) is 22.8 Å². The van der Waals surface area contributed by atoms with E-state index in [9.17, 15) is 17.6 Å². The van der Waals surface area contributed by atoms with Gasteiger partial charge in [0.15, 0.2) is 5.83 Å². The van der Waals surface area contributed by atoms with Crippen LogP contribution in [0.15, 0.2) is 36.2 Å². The summed E-state index contributed by atoms with van der Waals surface area (Å²) in [6.45, 7) is 0.309. The van der Waals surface area contributed by atoms with E-state index in [1.807, 2.05) is 0 Å². The molecule has 25 heavy (non-hydrogen) atoms. The van der Waals surface area contributed by atoms with Crippen molar-refractivity contribution in [1.29, 1.82) is 5.26 Å². The second-order valence-corrected chi connectivity index (χ2v) is 6.39. The highest BCUT2D eigenvalue weighted by molar-refractivity contribution is 5.24. The van der Waals surface area contributed by atoms with Crippen LogP contribution in [0.25, 0.3) is 0 Å². The average Bonchev–Trinajstić information content (AvgIpc) is 2.60. The van der Waals surface area contributed by atoms with Crippen LogP contribution in [0.4, 0.5) is 17.6 Å². The average molecular weight is 355 g/mol. The van der Waals surface area contributed by atoms with Crippen molar-refractivity contribution in [1.82, 2.24) is 0 Å². The molecule has 0 radical (unpaired) electrons. The molecule has 136 valence electrons. The molecule has 1 saturated carbocycles. The van der Waals surface area contributed by atoms with E-state index in [-0.39, 0.29) is 6.10 Å². The summed E-state index contributed by atoms with van der Waals surface area (Å²) in [4.78, 5) is 0. The van der Waals surface area contributed by atoms with Crippen LogP contribution in [0.3, 0.4) is 0 Å². The predicted molar refractivity (Wildman–Crippen MR) is 86.0 cm³/mol. The van der Waals surface area contributed by atoms with Gasteiger partial charge in [0.1, 0.15) is 6.07 Å².